The number of anilines is 1. The minimum atomic E-state index is -0.392. The lowest BCUT2D eigenvalue weighted by Crippen LogP contribution is -2.28. The molecule has 24 heavy (non-hydrogen) atoms. The van der Waals surface area contributed by atoms with E-state index in [2.05, 4.69) is 43.9 Å². The van der Waals surface area contributed by atoms with E-state index in [9.17, 15) is 9.59 Å². The number of carbonyl (C=O) groups is 2. The Bertz CT molecular complexity index is 868. The molecule has 1 aliphatic heterocycles. The van der Waals surface area contributed by atoms with Gasteiger partial charge in [-0.1, -0.05) is 26.0 Å². The lowest BCUT2D eigenvalue weighted by molar-refractivity contribution is -0.131. The number of rotatable bonds is 2. The number of Topliss-reactive ketones (excluding diaryl/α,β-unsaturated/α-hetero) is 1. The van der Waals surface area contributed by atoms with Crippen molar-refractivity contribution in [3.8, 4) is 0 Å². The third kappa shape index (κ3) is 2.04. The van der Waals surface area contributed by atoms with E-state index in [-0.39, 0.29) is 5.78 Å². The van der Waals surface area contributed by atoms with Crippen LogP contribution >= 0.6 is 0 Å². The number of allylic oxidation sites excluding steroid dienone is 4. The number of nitrogens with zero attached hydrogens (tertiary/aromatic N) is 1. The van der Waals surface area contributed by atoms with Gasteiger partial charge in [0.1, 0.15) is 0 Å². The van der Waals surface area contributed by atoms with E-state index >= 15 is 0 Å². The first-order valence-electron chi connectivity index (χ1n) is 8.64. The van der Waals surface area contributed by atoms with Gasteiger partial charge in [0.25, 0.3) is 0 Å². The van der Waals surface area contributed by atoms with Crippen molar-refractivity contribution in [1.29, 1.82) is 0 Å². The summed E-state index contributed by atoms with van der Waals surface area (Å²) in [5.41, 5.74) is 7.95. The number of ketones is 2. The Morgan fingerprint density at radius 3 is 2.62 bits per heavy atom. The summed E-state index contributed by atoms with van der Waals surface area (Å²) in [7, 11) is 0. The highest BCUT2D eigenvalue weighted by atomic mass is 16.2. The Labute approximate surface area is 142 Å². The summed E-state index contributed by atoms with van der Waals surface area (Å²) in [5.74, 6) is -0.223. The third-order valence-corrected chi connectivity index (χ3v) is 5.26. The molecule has 0 bridgehead atoms. The molecular weight excluding hydrogens is 298 g/mol. The second-order valence-electron chi connectivity index (χ2n) is 7.01. The highest BCUT2D eigenvalue weighted by Crippen LogP contribution is 2.45. The summed E-state index contributed by atoms with van der Waals surface area (Å²) in [4.78, 5) is 26.3. The molecule has 1 aromatic carbocycles. The van der Waals surface area contributed by atoms with Crippen LogP contribution in [0.25, 0.3) is 0 Å². The molecule has 3 nitrogen and oxygen atoms in total. The van der Waals surface area contributed by atoms with Crippen LogP contribution in [0.2, 0.25) is 0 Å². The zero-order chi connectivity index (χ0) is 17.0. The van der Waals surface area contributed by atoms with E-state index in [0.29, 0.717) is 17.9 Å². The molecule has 0 atom stereocenters. The summed E-state index contributed by atoms with van der Waals surface area (Å²) in [6, 6.07) is 6.70. The van der Waals surface area contributed by atoms with Gasteiger partial charge in [0.2, 0.25) is 11.6 Å². The Balaban J connectivity index is 1.81. The van der Waals surface area contributed by atoms with Crippen molar-refractivity contribution < 1.29 is 9.59 Å². The zero-order valence-electron chi connectivity index (χ0n) is 14.3. The van der Waals surface area contributed by atoms with Crippen LogP contribution in [-0.2, 0) is 16.0 Å². The lowest BCUT2D eigenvalue weighted by Gasteiger charge is -2.34. The molecule has 122 valence electrons. The van der Waals surface area contributed by atoms with Crippen molar-refractivity contribution in [3.63, 3.8) is 0 Å². The minimum Gasteiger partial charge on any atom is -0.341 e. The summed E-state index contributed by atoms with van der Waals surface area (Å²) < 4.78 is 0. The van der Waals surface area contributed by atoms with Crippen molar-refractivity contribution in [3.05, 3.63) is 63.9 Å². The average Bonchev–Trinajstić information content (AvgIpc) is 2.94. The van der Waals surface area contributed by atoms with Crippen LogP contribution in [0.4, 0.5) is 5.69 Å². The predicted molar refractivity (Wildman–Crippen MR) is 95.1 cm³/mol. The Hall–Kier alpha value is -2.42. The average molecular weight is 319 g/mol. The van der Waals surface area contributed by atoms with Gasteiger partial charge in [0, 0.05) is 35.5 Å². The summed E-state index contributed by atoms with van der Waals surface area (Å²) in [6.45, 7) is 7.39. The van der Waals surface area contributed by atoms with Gasteiger partial charge in [-0.15, -0.1) is 0 Å². The molecule has 2 aliphatic carbocycles. The van der Waals surface area contributed by atoms with E-state index in [1.807, 2.05) is 6.08 Å². The van der Waals surface area contributed by atoms with E-state index in [0.717, 1.165) is 24.2 Å². The summed E-state index contributed by atoms with van der Waals surface area (Å²) in [5, 5.41) is 0. The zero-order valence-corrected chi connectivity index (χ0v) is 14.3. The molecule has 1 aromatic rings. The van der Waals surface area contributed by atoms with Crippen molar-refractivity contribution in [2.45, 2.75) is 39.5 Å². The Kier molecular flexibility index (Phi) is 3.34. The standard InChI is InChI=1S/C21H21NO2/c1-4-22-18-7-5-13(12(2)3)9-14(18)10-15-11-17-16(20(15)22)6-8-19(23)21(17)24/h5-9,12H,4,10-11H2,1-3H3. The van der Waals surface area contributed by atoms with Crippen molar-refractivity contribution in [2.75, 3.05) is 11.4 Å². The number of hydrogen-bond donors (Lipinski definition) is 0. The van der Waals surface area contributed by atoms with E-state index < -0.39 is 5.78 Å². The molecule has 0 spiro atoms. The maximum atomic E-state index is 12.3. The number of benzene rings is 1. The fraction of sp³-hybridized carbons (Fsp3) is 0.333. The Morgan fingerprint density at radius 2 is 1.92 bits per heavy atom. The van der Waals surface area contributed by atoms with Crippen LogP contribution in [0.15, 0.2) is 52.8 Å². The van der Waals surface area contributed by atoms with Gasteiger partial charge in [0.05, 0.1) is 0 Å². The van der Waals surface area contributed by atoms with Crippen LogP contribution < -0.4 is 4.90 Å². The van der Waals surface area contributed by atoms with E-state index in [1.165, 1.54) is 28.5 Å². The lowest BCUT2D eigenvalue weighted by atomic mass is 9.91. The molecule has 0 saturated heterocycles. The minimum absolute atomic E-state index is 0.329. The molecule has 0 amide bonds. The van der Waals surface area contributed by atoms with Gasteiger partial charge in [-0.25, -0.2) is 0 Å². The second-order valence-corrected chi connectivity index (χ2v) is 7.01. The van der Waals surface area contributed by atoms with Crippen LogP contribution in [-0.4, -0.2) is 18.1 Å². The fourth-order valence-electron chi connectivity index (χ4n) is 4.02. The maximum absolute atomic E-state index is 12.3. The van der Waals surface area contributed by atoms with Gasteiger partial charge in [-0.05, 0) is 54.2 Å². The smallest absolute Gasteiger partial charge is 0.229 e. The molecular formula is C21H21NO2. The first-order valence-corrected chi connectivity index (χ1v) is 8.64. The normalized spacial score (nSPS) is 19.2. The quantitative estimate of drug-likeness (QED) is 0.614. The number of likely N-dealkylation sites (N-methyl/N-ethyl adjacent to an activating group) is 1. The molecule has 3 heteroatoms. The van der Waals surface area contributed by atoms with Gasteiger partial charge in [0.15, 0.2) is 0 Å². The van der Waals surface area contributed by atoms with Crippen LogP contribution in [0, 0.1) is 0 Å². The Morgan fingerprint density at radius 1 is 1.12 bits per heavy atom. The largest absolute Gasteiger partial charge is 0.341 e. The second kappa shape index (κ2) is 5.30. The topological polar surface area (TPSA) is 37.4 Å². The fourth-order valence-corrected chi connectivity index (χ4v) is 4.02. The number of hydrogen-bond acceptors (Lipinski definition) is 3. The van der Waals surface area contributed by atoms with Gasteiger partial charge < -0.3 is 4.90 Å². The van der Waals surface area contributed by atoms with Crippen LogP contribution in [0.5, 0.6) is 0 Å². The highest BCUT2D eigenvalue weighted by molar-refractivity contribution is 6.48. The van der Waals surface area contributed by atoms with Crippen LogP contribution in [0.1, 0.15) is 44.2 Å². The highest BCUT2D eigenvalue weighted by Gasteiger charge is 2.37. The summed E-state index contributed by atoms with van der Waals surface area (Å²) >= 11 is 0. The SMILES string of the molecule is CCN1C2=C(CC3=C2C=CC(=O)C3=O)Cc2cc(C(C)C)ccc21. The molecule has 0 unspecified atom stereocenters. The van der Waals surface area contributed by atoms with Gasteiger partial charge >= 0.3 is 0 Å². The summed E-state index contributed by atoms with van der Waals surface area (Å²) in [6.07, 6.45) is 4.73. The van der Waals surface area contributed by atoms with Gasteiger partial charge in [-0.3, -0.25) is 9.59 Å². The van der Waals surface area contributed by atoms with Crippen molar-refractivity contribution in [2.24, 2.45) is 0 Å². The molecule has 3 aliphatic rings. The molecule has 0 aromatic heterocycles. The number of carbonyl (C=O) groups excluding carboxylic acids is 2. The van der Waals surface area contributed by atoms with Gasteiger partial charge in [-0.2, -0.15) is 0 Å². The molecule has 0 fully saturated rings. The number of fused-ring (bicyclic) bond motifs is 2. The van der Waals surface area contributed by atoms with Crippen molar-refractivity contribution in [1.82, 2.24) is 0 Å². The molecule has 0 N–H and O–H groups in total. The monoisotopic (exact) mass is 319 g/mol. The maximum Gasteiger partial charge on any atom is 0.229 e. The first kappa shape index (κ1) is 15.1. The van der Waals surface area contributed by atoms with Crippen molar-refractivity contribution >= 4 is 17.3 Å². The molecule has 0 saturated carbocycles. The molecule has 1 heterocycles. The predicted octanol–water partition coefficient (Wildman–Crippen LogP) is 3.85. The molecule has 0 radical (unpaired) electrons. The first-order chi connectivity index (χ1) is 11.5. The third-order valence-electron chi connectivity index (χ3n) is 5.26. The van der Waals surface area contributed by atoms with E-state index in [1.54, 1.807) is 0 Å². The van der Waals surface area contributed by atoms with E-state index in [4.69, 9.17) is 0 Å². The van der Waals surface area contributed by atoms with Crippen LogP contribution in [0.3, 0.4) is 0 Å². The molecule has 4 rings (SSSR count).